The van der Waals surface area contributed by atoms with E-state index in [0.717, 1.165) is 5.56 Å². The average molecular weight is 598 g/mol. The molecule has 0 aromatic heterocycles. The number of nitrogens with one attached hydrogen (secondary N) is 1. The van der Waals surface area contributed by atoms with Crippen LogP contribution in [0.3, 0.4) is 0 Å². The van der Waals surface area contributed by atoms with Gasteiger partial charge in [0.2, 0.25) is 0 Å². The third-order valence-electron chi connectivity index (χ3n) is 6.14. The number of alkyl halides is 3. The zero-order chi connectivity index (χ0) is 30.4. The first-order valence-corrected chi connectivity index (χ1v) is 13.6. The summed E-state index contributed by atoms with van der Waals surface area (Å²) >= 11 is 0. The highest BCUT2D eigenvalue weighted by atomic mass is 32.2. The average Bonchev–Trinajstić information content (AvgIpc) is 2.90. The molecule has 1 saturated heterocycles. The van der Waals surface area contributed by atoms with Crippen molar-refractivity contribution in [1.82, 2.24) is 4.90 Å². The number of carboxylic acids is 2. The number of benzene rings is 3. The maximum Gasteiger partial charge on any atom is 0.490 e. The molecule has 3 N–H and O–H groups in total. The van der Waals surface area contributed by atoms with Crippen LogP contribution in [0.25, 0.3) is 0 Å². The summed E-state index contributed by atoms with van der Waals surface area (Å²) < 4.78 is 73.6. The molecule has 0 radical (unpaired) electrons. The third kappa shape index (κ3) is 8.66. The normalized spacial score (nSPS) is 14.1. The lowest BCUT2D eigenvalue weighted by Gasteiger charge is -2.36. The van der Waals surface area contributed by atoms with Gasteiger partial charge in [-0.3, -0.25) is 9.62 Å². The van der Waals surface area contributed by atoms with Crippen molar-refractivity contribution in [3.05, 3.63) is 89.2 Å². The second kappa shape index (κ2) is 13.0. The van der Waals surface area contributed by atoms with Gasteiger partial charge in [0.1, 0.15) is 5.82 Å². The van der Waals surface area contributed by atoms with E-state index in [1.165, 1.54) is 30.3 Å². The second-order valence-corrected chi connectivity index (χ2v) is 10.8. The van der Waals surface area contributed by atoms with Gasteiger partial charge in [-0.1, -0.05) is 35.9 Å². The zero-order valence-corrected chi connectivity index (χ0v) is 22.5. The minimum Gasteiger partial charge on any atom is -0.478 e. The number of aromatic carboxylic acids is 1. The molecular formula is C27H27F4N3O6S. The predicted molar refractivity (Wildman–Crippen MR) is 143 cm³/mol. The van der Waals surface area contributed by atoms with Gasteiger partial charge >= 0.3 is 18.1 Å². The van der Waals surface area contributed by atoms with Gasteiger partial charge in [0.25, 0.3) is 10.0 Å². The summed E-state index contributed by atoms with van der Waals surface area (Å²) in [4.78, 5) is 25.1. The lowest BCUT2D eigenvalue weighted by Crippen LogP contribution is -2.46. The zero-order valence-electron chi connectivity index (χ0n) is 21.7. The number of aliphatic carboxylic acids is 1. The Morgan fingerprint density at radius 2 is 1.51 bits per heavy atom. The monoisotopic (exact) mass is 597 g/mol. The second-order valence-electron chi connectivity index (χ2n) is 9.11. The number of carbonyl (C=O) groups is 2. The number of anilines is 2. The van der Waals surface area contributed by atoms with E-state index in [2.05, 4.69) is 9.62 Å². The highest BCUT2D eigenvalue weighted by Gasteiger charge is 2.38. The Hall–Kier alpha value is -4.17. The van der Waals surface area contributed by atoms with E-state index in [0.29, 0.717) is 44.0 Å². The van der Waals surface area contributed by atoms with E-state index in [1.807, 2.05) is 17.9 Å². The first-order chi connectivity index (χ1) is 19.2. The molecule has 1 fully saturated rings. The van der Waals surface area contributed by atoms with Gasteiger partial charge in [0.05, 0.1) is 16.1 Å². The predicted octanol–water partition coefficient (Wildman–Crippen LogP) is 4.59. The van der Waals surface area contributed by atoms with Crippen molar-refractivity contribution in [1.29, 1.82) is 0 Å². The van der Waals surface area contributed by atoms with Crippen molar-refractivity contribution in [2.45, 2.75) is 24.5 Å². The van der Waals surface area contributed by atoms with E-state index >= 15 is 0 Å². The first kappa shape index (κ1) is 31.4. The van der Waals surface area contributed by atoms with Crippen LogP contribution in [0.15, 0.2) is 71.6 Å². The highest BCUT2D eigenvalue weighted by molar-refractivity contribution is 7.92. The standard InChI is InChI=1S/C25H26FN3O4S.C2HF3O2/c1-18-6-9-21(10-7-18)34(32,33)27-24-11-8-20(16-22(24)25(30)31)29-14-12-28(13-15-29)17-19-4-2-3-5-23(19)26;3-2(4,5)1(6)7/h2-11,16,27H,12-15,17H2,1H3,(H,30,31);(H,6,7). The van der Waals surface area contributed by atoms with E-state index in [9.17, 15) is 35.9 Å². The molecule has 41 heavy (non-hydrogen) atoms. The van der Waals surface area contributed by atoms with E-state index in [-0.39, 0.29) is 22.0 Å². The van der Waals surface area contributed by atoms with E-state index < -0.39 is 28.1 Å². The molecule has 3 aromatic carbocycles. The number of halogens is 4. The third-order valence-corrected chi connectivity index (χ3v) is 7.52. The van der Waals surface area contributed by atoms with Gasteiger partial charge in [-0.15, -0.1) is 0 Å². The molecule has 0 unspecified atom stereocenters. The lowest BCUT2D eigenvalue weighted by atomic mass is 10.1. The van der Waals surface area contributed by atoms with Crippen LogP contribution in [-0.2, 0) is 21.4 Å². The summed E-state index contributed by atoms with van der Waals surface area (Å²) in [6.07, 6.45) is -5.08. The number of piperazine rings is 1. The van der Waals surface area contributed by atoms with Crippen molar-refractivity contribution < 1.29 is 45.8 Å². The summed E-state index contributed by atoms with van der Waals surface area (Å²) in [7, 11) is -3.93. The van der Waals surface area contributed by atoms with Gasteiger partial charge in [0, 0.05) is 44.0 Å². The quantitative estimate of drug-likeness (QED) is 0.338. The number of sulfonamides is 1. The van der Waals surface area contributed by atoms with Crippen LogP contribution in [0.2, 0.25) is 0 Å². The number of hydrogen-bond acceptors (Lipinski definition) is 6. The lowest BCUT2D eigenvalue weighted by molar-refractivity contribution is -0.192. The molecule has 9 nitrogen and oxygen atoms in total. The van der Waals surface area contributed by atoms with E-state index in [1.54, 1.807) is 30.3 Å². The molecule has 14 heteroatoms. The van der Waals surface area contributed by atoms with Crippen LogP contribution in [0.1, 0.15) is 21.5 Å². The molecule has 1 aliphatic heterocycles. The molecule has 4 rings (SSSR count). The van der Waals surface area contributed by atoms with Crippen molar-refractivity contribution in [2.24, 2.45) is 0 Å². The van der Waals surface area contributed by atoms with Crippen LogP contribution >= 0.6 is 0 Å². The van der Waals surface area contributed by atoms with E-state index in [4.69, 9.17) is 9.90 Å². The number of nitrogens with zero attached hydrogens (tertiary/aromatic N) is 2. The minimum atomic E-state index is -5.08. The van der Waals surface area contributed by atoms with Crippen LogP contribution in [0.5, 0.6) is 0 Å². The molecule has 0 spiro atoms. The SMILES string of the molecule is Cc1ccc(S(=O)(=O)Nc2ccc(N3CCN(Cc4ccccc4F)CC3)cc2C(=O)O)cc1.O=C(O)C(F)(F)F. The van der Waals surface area contributed by atoms with Crippen LogP contribution in [0, 0.1) is 12.7 Å². The molecule has 1 aliphatic rings. The highest BCUT2D eigenvalue weighted by Crippen LogP contribution is 2.27. The Labute approximate surface area is 233 Å². The summed E-state index contributed by atoms with van der Waals surface area (Å²) in [6, 6.07) is 17.7. The van der Waals surface area contributed by atoms with Gasteiger partial charge in [-0.25, -0.2) is 22.4 Å². The number of carboxylic acid groups (broad SMARTS) is 2. The largest absolute Gasteiger partial charge is 0.490 e. The van der Waals surface area contributed by atoms with Crippen LogP contribution < -0.4 is 9.62 Å². The topological polar surface area (TPSA) is 127 Å². The Bertz CT molecular complexity index is 1490. The van der Waals surface area contributed by atoms with Gasteiger partial charge < -0.3 is 15.1 Å². The Balaban J connectivity index is 0.000000587. The molecular weight excluding hydrogens is 570 g/mol. The van der Waals surface area contributed by atoms with Crippen LogP contribution in [0.4, 0.5) is 28.9 Å². The van der Waals surface area contributed by atoms with Crippen molar-refractivity contribution >= 4 is 33.3 Å². The fraction of sp³-hybridized carbons (Fsp3) is 0.259. The number of aryl methyl sites for hydroxylation is 1. The smallest absolute Gasteiger partial charge is 0.478 e. The molecule has 0 bridgehead atoms. The number of rotatable bonds is 7. The maximum absolute atomic E-state index is 13.9. The molecule has 220 valence electrons. The molecule has 0 atom stereocenters. The molecule has 0 amide bonds. The maximum atomic E-state index is 13.9. The molecule has 0 saturated carbocycles. The summed E-state index contributed by atoms with van der Waals surface area (Å²) in [6.45, 7) is 5.03. The Morgan fingerprint density at radius 3 is 2.05 bits per heavy atom. The Kier molecular flexibility index (Phi) is 9.94. The minimum absolute atomic E-state index is 0.00927. The van der Waals surface area contributed by atoms with Crippen LogP contribution in [-0.4, -0.2) is 67.8 Å². The Morgan fingerprint density at radius 1 is 0.927 bits per heavy atom. The molecule has 0 aliphatic carbocycles. The number of hydrogen-bond donors (Lipinski definition) is 3. The van der Waals surface area contributed by atoms with Crippen molar-refractivity contribution in [3.8, 4) is 0 Å². The molecule has 1 heterocycles. The van der Waals surface area contributed by atoms with Gasteiger partial charge in [-0.05, 0) is 43.3 Å². The fourth-order valence-electron chi connectivity index (χ4n) is 3.95. The molecule has 3 aromatic rings. The summed E-state index contributed by atoms with van der Waals surface area (Å²) in [5.74, 6) is -4.20. The summed E-state index contributed by atoms with van der Waals surface area (Å²) in [5, 5.41) is 16.9. The van der Waals surface area contributed by atoms with Crippen molar-refractivity contribution in [2.75, 3.05) is 35.8 Å². The fourth-order valence-corrected chi connectivity index (χ4v) is 5.03. The van der Waals surface area contributed by atoms with Gasteiger partial charge in [-0.2, -0.15) is 13.2 Å². The first-order valence-electron chi connectivity index (χ1n) is 12.1. The summed E-state index contributed by atoms with van der Waals surface area (Å²) in [5.41, 5.74) is 2.15. The van der Waals surface area contributed by atoms with Crippen molar-refractivity contribution in [3.63, 3.8) is 0 Å². The van der Waals surface area contributed by atoms with Gasteiger partial charge in [0.15, 0.2) is 0 Å².